The van der Waals surface area contributed by atoms with Gasteiger partial charge in [0.25, 0.3) is 0 Å². The van der Waals surface area contributed by atoms with E-state index in [2.05, 4.69) is 27.3 Å². The topological polar surface area (TPSA) is 28.2 Å². The second kappa shape index (κ2) is 4.55. The zero-order chi connectivity index (χ0) is 9.80. The normalized spacial score (nSPS) is 16.8. The summed E-state index contributed by atoms with van der Waals surface area (Å²) in [6.45, 7) is 2.24. The summed E-state index contributed by atoms with van der Waals surface area (Å²) in [5.41, 5.74) is 1.07. The largest absolute Gasteiger partial charge is 0.387 e. The van der Waals surface area contributed by atoms with Gasteiger partial charge in [-0.15, -0.1) is 0 Å². The van der Waals surface area contributed by atoms with Crippen LogP contribution < -0.4 is 10.2 Å². The molecule has 0 unspecified atom stereocenters. The Morgan fingerprint density at radius 1 is 1.36 bits per heavy atom. The van der Waals surface area contributed by atoms with Crippen LogP contribution in [0.4, 0.5) is 11.5 Å². The lowest BCUT2D eigenvalue weighted by atomic mass is 10.3. The highest BCUT2D eigenvalue weighted by Gasteiger charge is 2.11. The first kappa shape index (κ1) is 9.65. The Morgan fingerprint density at radius 2 is 2.14 bits per heavy atom. The standard InChI is InChI=1S/C10H15N3S/c1-11-9-2-3-10(12-8-9)13-4-6-14-7-5-13/h2-3,8,11H,4-7H2,1H3. The van der Waals surface area contributed by atoms with E-state index < -0.39 is 0 Å². The lowest BCUT2D eigenvalue weighted by Crippen LogP contribution is -2.32. The van der Waals surface area contributed by atoms with E-state index in [0.717, 1.165) is 24.6 Å². The molecule has 4 heteroatoms. The Labute approximate surface area is 88.9 Å². The predicted molar refractivity (Wildman–Crippen MR) is 63.3 cm³/mol. The molecule has 0 aromatic carbocycles. The summed E-state index contributed by atoms with van der Waals surface area (Å²) < 4.78 is 0. The molecule has 1 saturated heterocycles. The van der Waals surface area contributed by atoms with E-state index in [1.165, 1.54) is 11.5 Å². The molecule has 1 aliphatic heterocycles. The molecule has 76 valence electrons. The molecule has 1 aromatic heterocycles. The highest BCUT2D eigenvalue weighted by molar-refractivity contribution is 7.99. The minimum Gasteiger partial charge on any atom is -0.387 e. The number of aromatic nitrogens is 1. The smallest absolute Gasteiger partial charge is 0.128 e. The van der Waals surface area contributed by atoms with Crippen LogP contribution >= 0.6 is 11.8 Å². The Kier molecular flexibility index (Phi) is 3.14. The van der Waals surface area contributed by atoms with Gasteiger partial charge in [0.05, 0.1) is 11.9 Å². The van der Waals surface area contributed by atoms with E-state index in [-0.39, 0.29) is 0 Å². The Balaban J connectivity index is 2.07. The fraction of sp³-hybridized carbons (Fsp3) is 0.500. The third-order valence-electron chi connectivity index (χ3n) is 2.37. The highest BCUT2D eigenvalue weighted by atomic mass is 32.2. The summed E-state index contributed by atoms with van der Waals surface area (Å²) in [6, 6.07) is 4.16. The summed E-state index contributed by atoms with van der Waals surface area (Å²) in [5, 5.41) is 3.07. The first-order valence-electron chi connectivity index (χ1n) is 4.86. The molecule has 1 aliphatic rings. The van der Waals surface area contributed by atoms with Crippen LogP contribution in [0.1, 0.15) is 0 Å². The second-order valence-corrected chi connectivity index (χ2v) is 4.48. The number of hydrogen-bond acceptors (Lipinski definition) is 4. The van der Waals surface area contributed by atoms with Crippen molar-refractivity contribution >= 4 is 23.3 Å². The Bertz CT molecular complexity index is 280. The van der Waals surface area contributed by atoms with Crippen LogP contribution in [0.25, 0.3) is 0 Å². The van der Waals surface area contributed by atoms with Crippen molar-refractivity contribution in [1.29, 1.82) is 0 Å². The van der Waals surface area contributed by atoms with Gasteiger partial charge in [-0.1, -0.05) is 0 Å². The number of pyridine rings is 1. The molecule has 1 fully saturated rings. The zero-order valence-corrected chi connectivity index (χ0v) is 9.18. The van der Waals surface area contributed by atoms with Crippen LogP contribution in [0.5, 0.6) is 0 Å². The van der Waals surface area contributed by atoms with E-state index in [1.807, 2.05) is 25.0 Å². The molecule has 0 spiro atoms. The summed E-state index contributed by atoms with van der Waals surface area (Å²) in [4.78, 5) is 6.77. The lowest BCUT2D eigenvalue weighted by molar-refractivity contribution is 0.839. The van der Waals surface area contributed by atoms with Gasteiger partial charge in [0, 0.05) is 31.6 Å². The molecule has 14 heavy (non-hydrogen) atoms. The average molecular weight is 209 g/mol. The van der Waals surface area contributed by atoms with Gasteiger partial charge in [0.2, 0.25) is 0 Å². The summed E-state index contributed by atoms with van der Waals surface area (Å²) >= 11 is 2.02. The average Bonchev–Trinajstić information content (AvgIpc) is 2.30. The van der Waals surface area contributed by atoms with Gasteiger partial charge in [-0.25, -0.2) is 4.98 Å². The molecular formula is C10H15N3S. The molecule has 0 atom stereocenters. The van der Waals surface area contributed by atoms with Gasteiger partial charge in [-0.3, -0.25) is 0 Å². The maximum absolute atomic E-state index is 4.43. The van der Waals surface area contributed by atoms with Crippen molar-refractivity contribution in [3.63, 3.8) is 0 Å². The van der Waals surface area contributed by atoms with Crippen molar-refractivity contribution in [2.45, 2.75) is 0 Å². The SMILES string of the molecule is CNc1ccc(N2CCSCC2)nc1. The molecule has 0 aliphatic carbocycles. The molecule has 2 rings (SSSR count). The van der Waals surface area contributed by atoms with E-state index in [4.69, 9.17) is 0 Å². The number of nitrogens with one attached hydrogen (secondary N) is 1. The van der Waals surface area contributed by atoms with Crippen molar-refractivity contribution in [1.82, 2.24) is 4.98 Å². The monoisotopic (exact) mass is 209 g/mol. The van der Waals surface area contributed by atoms with Gasteiger partial charge in [0.1, 0.15) is 5.82 Å². The molecule has 2 heterocycles. The van der Waals surface area contributed by atoms with Gasteiger partial charge >= 0.3 is 0 Å². The van der Waals surface area contributed by atoms with E-state index in [0.29, 0.717) is 0 Å². The third-order valence-corrected chi connectivity index (χ3v) is 3.31. The zero-order valence-electron chi connectivity index (χ0n) is 8.36. The molecule has 3 nitrogen and oxygen atoms in total. The van der Waals surface area contributed by atoms with Crippen LogP contribution in [0.3, 0.4) is 0 Å². The summed E-state index contributed by atoms with van der Waals surface area (Å²) in [5.74, 6) is 3.54. The second-order valence-electron chi connectivity index (χ2n) is 3.25. The lowest BCUT2D eigenvalue weighted by Gasteiger charge is -2.27. The number of nitrogens with zero attached hydrogens (tertiary/aromatic N) is 2. The number of hydrogen-bond donors (Lipinski definition) is 1. The Morgan fingerprint density at radius 3 is 2.71 bits per heavy atom. The number of rotatable bonds is 2. The fourth-order valence-electron chi connectivity index (χ4n) is 1.51. The molecule has 0 saturated carbocycles. The van der Waals surface area contributed by atoms with Gasteiger partial charge < -0.3 is 10.2 Å². The number of thioether (sulfide) groups is 1. The fourth-order valence-corrected chi connectivity index (χ4v) is 2.42. The van der Waals surface area contributed by atoms with Crippen LogP contribution in [0.2, 0.25) is 0 Å². The predicted octanol–water partition coefficient (Wildman–Crippen LogP) is 1.68. The van der Waals surface area contributed by atoms with Gasteiger partial charge in [0.15, 0.2) is 0 Å². The maximum Gasteiger partial charge on any atom is 0.128 e. The molecule has 0 radical (unpaired) electrons. The van der Waals surface area contributed by atoms with Crippen LogP contribution in [-0.2, 0) is 0 Å². The van der Waals surface area contributed by atoms with Crippen molar-refractivity contribution in [2.75, 3.05) is 41.9 Å². The summed E-state index contributed by atoms with van der Waals surface area (Å²) in [6.07, 6.45) is 1.89. The van der Waals surface area contributed by atoms with E-state index in [1.54, 1.807) is 0 Å². The van der Waals surface area contributed by atoms with Crippen LogP contribution in [-0.4, -0.2) is 36.6 Å². The highest BCUT2D eigenvalue weighted by Crippen LogP contribution is 2.18. The summed E-state index contributed by atoms with van der Waals surface area (Å²) in [7, 11) is 1.91. The van der Waals surface area contributed by atoms with E-state index >= 15 is 0 Å². The molecular weight excluding hydrogens is 194 g/mol. The maximum atomic E-state index is 4.43. The Hall–Kier alpha value is -0.900. The van der Waals surface area contributed by atoms with Gasteiger partial charge in [-0.2, -0.15) is 11.8 Å². The van der Waals surface area contributed by atoms with Crippen LogP contribution in [0.15, 0.2) is 18.3 Å². The van der Waals surface area contributed by atoms with Crippen LogP contribution in [0, 0.1) is 0 Å². The van der Waals surface area contributed by atoms with E-state index in [9.17, 15) is 0 Å². The minimum absolute atomic E-state index is 1.07. The third kappa shape index (κ3) is 2.12. The van der Waals surface area contributed by atoms with Gasteiger partial charge in [-0.05, 0) is 12.1 Å². The quantitative estimate of drug-likeness (QED) is 0.802. The molecule has 1 aromatic rings. The molecule has 0 bridgehead atoms. The van der Waals surface area contributed by atoms with Crippen molar-refractivity contribution < 1.29 is 0 Å². The molecule has 0 amide bonds. The first-order valence-corrected chi connectivity index (χ1v) is 6.02. The minimum atomic E-state index is 1.07. The van der Waals surface area contributed by atoms with Crippen molar-refractivity contribution in [2.24, 2.45) is 0 Å². The number of anilines is 2. The van der Waals surface area contributed by atoms with Crippen molar-refractivity contribution in [3.8, 4) is 0 Å². The van der Waals surface area contributed by atoms with Crippen molar-refractivity contribution in [3.05, 3.63) is 18.3 Å². The first-order chi connectivity index (χ1) is 6.90. The molecule has 1 N–H and O–H groups in total.